The van der Waals surface area contributed by atoms with Crippen molar-refractivity contribution in [1.29, 1.82) is 0 Å². The van der Waals surface area contributed by atoms with Crippen LogP contribution in [0.25, 0.3) is 0 Å². The van der Waals surface area contributed by atoms with E-state index in [1.54, 1.807) is 0 Å². The molecule has 0 bridgehead atoms. The largest absolute Gasteiger partial charge is 0.354 e. The Morgan fingerprint density at radius 2 is 2.24 bits per heavy atom. The van der Waals surface area contributed by atoms with Crippen LogP contribution in [0.2, 0.25) is 0 Å². The third-order valence-corrected chi connectivity index (χ3v) is 4.70. The highest BCUT2D eigenvalue weighted by molar-refractivity contribution is 7.99. The van der Waals surface area contributed by atoms with Gasteiger partial charge in [0.25, 0.3) is 0 Å². The molecule has 2 N–H and O–H groups in total. The Morgan fingerprint density at radius 1 is 1.47 bits per heavy atom. The Kier molecular flexibility index (Phi) is 5.13. The van der Waals surface area contributed by atoms with E-state index in [9.17, 15) is 4.79 Å². The third kappa shape index (κ3) is 4.16. The minimum absolute atomic E-state index is 0.0278. The maximum atomic E-state index is 11.9. The lowest BCUT2D eigenvalue weighted by molar-refractivity contribution is -0.122. The first-order chi connectivity index (χ1) is 8.25. The first kappa shape index (κ1) is 13.2. The molecule has 2 rings (SSSR count). The quantitative estimate of drug-likeness (QED) is 0.755. The summed E-state index contributed by atoms with van der Waals surface area (Å²) in [5.41, 5.74) is 0. The van der Waals surface area contributed by atoms with Gasteiger partial charge >= 0.3 is 0 Å². The van der Waals surface area contributed by atoms with Gasteiger partial charge in [-0.3, -0.25) is 4.79 Å². The number of hydrogen-bond acceptors (Lipinski definition) is 4. The summed E-state index contributed by atoms with van der Waals surface area (Å²) in [7, 11) is 2.16. The van der Waals surface area contributed by atoms with Gasteiger partial charge in [0, 0.05) is 24.6 Å². The van der Waals surface area contributed by atoms with E-state index in [-0.39, 0.29) is 11.9 Å². The monoisotopic (exact) mass is 257 g/mol. The average molecular weight is 257 g/mol. The second kappa shape index (κ2) is 6.61. The smallest absolute Gasteiger partial charge is 0.238 e. The number of nitrogens with zero attached hydrogens (tertiary/aromatic N) is 1. The van der Waals surface area contributed by atoms with E-state index < -0.39 is 0 Å². The van der Waals surface area contributed by atoms with Crippen LogP contribution in [0, 0.1) is 5.92 Å². The van der Waals surface area contributed by atoms with Crippen LogP contribution < -0.4 is 10.6 Å². The van der Waals surface area contributed by atoms with Gasteiger partial charge in [-0.1, -0.05) is 0 Å². The molecule has 0 aliphatic carbocycles. The van der Waals surface area contributed by atoms with Crippen LogP contribution in [0.15, 0.2) is 0 Å². The van der Waals surface area contributed by atoms with Crippen molar-refractivity contribution in [3.8, 4) is 0 Å². The Hall–Kier alpha value is -0.260. The summed E-state index contributed by atoms with van der Waals surface area (Å²) < 4.78 is 0. The highest BCUT2D eigenvalue weighted by Gasteiger charge is 2.22. The fourth-order valence-corrected chi connectivity index (χ4v) is 3.30. The molecule has 0 aromatic rings. The summed E-state index contributed by atoms with van der Waals surface area (Å²) in [5.74, 6) is 2.90. The maximum Gasteiger partial charge on any atom is 0.238 e. The molecule has 0 saturated carbocycles. The number of likely N-dealkylation sites (tertiary alicyclic amines) is 1. The summed E-state index contributed by atoms with van der Waals surface area (Å²) in [6.07, 6.45) is 2.42. The number of amides is 1. The van der Waals surface area contributed by atoms with Crippen molar-refractivity contribution in [2.75, 3.05) is 44.7 Å². The minimum atomic E-state index is 0.0278. The fraction of sp³-hybridized carbons (Fsp3) is 0.917. The molecule has 17 heavy (non-hydrogen) atoms. The van der Waals surface area contributed by atoms with Crippen molar-refractivity contribution in [1.82, 2.24) is 15.5 Å². The van der Waals surface area contributed by atoms with Gasteiger partial charge < -0.3 is 15.5 Å². The van der Waals surface area contributed by atoms with Crippen molar-refractivity contribution >= 4 is 17.7 Å². The summed E-state index contributed by atoms with van der Waals surface area (Å²) in [6, 6.07) is 0.0278. The lowest BCUT2D eigenvalue weighted by Gasteiger charge is -2.29. The van der Waals surface area contributed by atoms with Gasteiger partial charge in [-0.2, -0.15) is 11.8 Å². The van der Waals surface area contributed by atoms with Crippen LogP contribution >= 0.6 is 11.8 Å². The molecule has 5 heteroatoms. The number of carbonyl (C=O) groups is 1. The lowest BCUT2D eigenvalue weighted by Crippen LogP contribution is -2.50. The molecule has 1 unspecified atom stereocenters. The number of piperidine rings is 1. The standard InChI is InChI=1S/C12H23N3OS/c1-15-5-2-10(3-6-15)8-14-12(16)11-9-17-7-4-13-11/h10-11,13H,2-9H2,1H3,(H,14,16). The summed E-state index contributed by atoms with van der Waals surface area (Å²) in [6.45, 7) is 4.14. The summed E-state index contributed by atoms with van der Waals surface area (Å²) >= 11 is 1.86. The van der Waals surface area contributed by atoms with Crippen LogP contribution in [-0.2, 0) is 4.79 Å². The highest BCUT2D eigenvalue weighted by atomic mass is 32.2. The Labute approximate surface area is 108 Å². The zero-order chi connectivity index (χ0) is 12.1. The molecule has 0 spiro atoms. The molecule has 2 aliphatic heterocycles. The molecule has 2 fully saturated rings. The molecule has 2 heterocycles. The van der Waals surface area contributed by atoms with E-state index in [1.165, 1.54) is 12.8 Å². The highest BCUT2D eigenvalue weighted by Crippen LogP contribution is 2.15. The molecular formula is C12H23N3OS. The van der Waals surface area contributed by atoms with Gasteiger partial charge in [-0.15, -0.1) is 0 Å². The van der Waals surface area contributed by atoms with Crippen LogP contribution in [0.3, 0.4) is 0 Å². The Morgan fingerprint density at radius 3 is 2.88 bits per heavy atom. The minimum Gasteiger partial charge on any atom is -0.354 e. The SMILES string of the molecule is CN1CCC(CNC(=O)C2CSCCN2)CC1. The number of hydrogen-bond donors (Lipinski definition) is 2. The normalized spacial score (nSPS) is 27.9. The van der Waals surface area contributed by atoms with Gasteiger partial charge in [0.1, 0.15) is 0 Å². The second-order valence-corrected chi connectivity index (χ2v) is 6.22. The van der Waals surface area contributed by atoms with Crippen LogP contribution in [0.5, 0.6) is 0 Å². The molecule has 4 nitrogen and oxygen atoms in total. The van der Waals surface area contributed by atoms with Crippen molar-refractivity contribution in [3.63, 3.8) is 0 Å². The topological polar surface area (TPSA) is 44.4 Å². The summed E-state index contributed by atoms with van der Waals surface area (Å²) in [4.78, 5) is 14.3. The molecule has 98 valence electrons. The van der Waals surface area contributed by atoms with Gasteiger partial charge in [0.15, 0.2) is 0 Å². The van der Waals surface area contributed by atoms with E-state index in [2.05, 4.69) is 22.6 Å². The van der Waals surface area contributed by atoms with E-state index in [0.717, 1.165) is 37.7 Å². The molecule has 2 saturated heterocycles. The van der Waals surface area contributed by atoms with Crippen molar-refractivity contribution in [2.24, 2.45) is 5.92 Å². The molecule has 0 aromatic carbocycles. The van der Waals surface area contributed by atoms with Gasteiger partial charge in [0.05, 0.1) is 6.04 Å². The van der Waals surface area contributed by atoms with Gasteiger partial charge in [0.2, 0.25) is 5.91 Å². The van der Waals surface area contributed by atoms with Crippen molar-refractivity contribution in [2.45, 2.75) is 18.9 Å². The van der Waals surface area contributed by atoms with Crippen LogP contribution in [-0.4, -0.2) is 61.6 Å². The zero-order valence-corrected chi connectivity index (χ0v) is 11.4. The van der Waals surface area contributed by atoms with E-state index in [4.69, 9.17) is 0 Å². The number of rotatable bonds is 3. The van der Waals surface area contributed by atoms with Crippen LogP contribution in [0.1, 0.15) is 12.8 Å². The molecule has 2 aliphatic rings. The molecule has 0 radical (unpaired) electrons. The Balaban J connectivity index is 1.65. The number of nitrogens with one attached hydrogen (secondary N) is 2. The fourth-order valence-electron chi connectivity index (χ4n) is 2.37. The van der Waals surface area contributed by atoms with Crippen molar-refractivity contribution < 1.29 is 4.79 Å². The van der Waals surface area contributed by atoms with Gasteiger partial charge in [-0.25, -0.2) is 0 Å². The van der Waals surface area contributed by atoms with E-state index in [0.29, 0.717) is 5.92 Å². The maximum absolute atomic E-state index is 11.9. The molecular weight excluding hydrogens is 234 g/mol. The molecule has 0 aromatic heterocycles. The predicted molar refractivity (Wildman–Crippen MR) is 72.3 cm³/mol. The zero-order valence-electron chi connectivity index (χ0n) is 10.6. The number of thioether (sulfide) groups is 1. The first-order valence-corrected chi connectivity index (χ1v) is 7.68. The first-order valence-electron chi connectivity index (χ1n) is 6.53. The number of carbonyl (C=O) groups excluding carboxylic acids is 1. The second-order valence-electron chi connectivity index (χ2n) is 5.07. The van der Waals surface area contributed by atoms with Gasteiger partial charge in [-0.05, 0) is 38.9 Å². The lowest BCUT2D eigenvalue weighted by atomic mass is 9.97. The molecule has 1 amide bonds. The third-order valence-electron chi connectivity index (χ3n) is 3.64. The van der Waals surface area contributed by atoms with Crippen molar-refractivity contribution in [3.05, 3.63) is 0 Å². The molecule has 1 atom stereocenters. The van der Waals surface area contributed by atoms with E-state index >= 15 is 0 Å². The van der Waals surface area contributed by atoms with Crippen LogP contribution in [0.4, 0.5) is 0 Å². The predicted octanol–water partition coefficient (Wildman–Crippen LogP) is 0.149. The average Bonchev–Trinajstić information content (AvgIpc) is 2.39. The summed E-state index contributed by atoms with van der Waals surface area (Å²) in [5, 5.41) is 6.38. The van der Waals surface area contributed by atoms with E-state index in [1.807, 2.05) is 11.8 Å². The Bertz CT molecular complexity index is 248.